The first-order valence-corrected chi connectivity index (χ1v) is 29.7. The maximum atomic E-state index is 12.9. The van der Waals surface area contributed by atoms with Gasteiger partial charge in [-0.15, -0.1) is 0 Å². The van der Waals surface area contributed by atoms with Crippen LogP contribution in [0.4, 0.5) is 0 Å². The first-order valence-electron chi connectivity index (χ1n) is 29.7. The molecule has 71 heavy (non-hydrogen) atoms. The molecule has 6 heteroatoms. The molecule has 0 bridgehead atoms. The van der Waals surface area contributed by atoms with E-state index in [1.807, 2.05) is 0 Å². The molecule has 0 rings (SSSR count). The monoisotopic (exact) mass is 987 g/mol. The third kappa shape index (κ3) is 57.1. The van der Waals surface area contributed by atoms with Crippen molar-refractivity contribution >= 4 is 17.9 Å². The lowest BCUT2D eigenvalue weighted by atomic mass is 10.1. The molecule has 0 aliphatic carbocycles. The summed E-state index contributed by atoms with van der Waals surface area (Å²) in [5, 5.41) is 0. The van der Waals surface area contributed by atoms with Crippen LogP contribution in [0.5, 0.6) is 0 Å². The minimum absolute atomic E-state index is 0.0974. The maximum Gasteiger partial charge on any atom is 0.306 e. The van der Waals surface area contributed by atoms with Gasteiger partial charge in [-0.1, -0.05) is 234 Å². The van der Waals surface area contributed by atoms with Crippen molar-refractivity contribution in [2.24, 2.45) is 0 Å². The lowest BCUT2D eigenvalue weighted by Crippen LogP contribution is -2.30. The zero-order chi connectivity index (χ0) is 51.4. The Balaban J connectivity index is 4.48. The first kappa shape index (κ1) is 67.3. The molecule has 0 radical (unpaired) electrons. The second-order valence-corrected chi connectivity index (χ2v) is 19.5. The van der Waals surface area contributed by atoms with E-state index in [9.17, 15) is 14.4 Å². The summed E-state index contributed by atoms with van der Waals surface area (Å²) in [7, 11) is 0. The Morgan fingerprint density at radius 3 is 0.901 bits per heavy atom. The Bertz CT molecular complexity index is 1410. The highest BCUT2D eigenvalue weighted by molar-refractivity contribution is 5.71. The molecule has 0 aliphatic rings. The van der Waals surface area contributed by atoms with Crippen LogP contribution in [-0.4, -0.2) is 37.2 Å². The molecule has 0 spiro atoms. The van der Waals surface area contributed by atoms with Crippen LogP contribution in [0.25, 0.3) is 0 Å². The fraction of sp³-hybridized carbons (Fsp3) is 0.708. The van der Waals surface area contributed by atoms with Gasteiger partial charge in [0.25, 0.3) is 0 Å². The SMILES string of the molecule is CC/C=C\C/C=C\C/C=C\C/C=C\C/C=C\CCCCCC(=O)OCC(COC(=O)CCCCCCC/C=C\C/C=C\CCCCCC)OC(=O)CCCCCCCCC/C=C\CCCCCCCCC. The fourth-order valence-corrected chi connectivity index (χ4v) is 8.08. The molecular weight excluding hydrogens is 877 g/mol. The van der Waals surface area contributed by atoms with Crippen molar-refractivity contribution in [2.45, 2.75) is 284 Å². The summed E-state index contributed by atoms with van der Waals surface area (Å²) in [6.07, 6.45) is 78.2. The molecular formula is C65H110O6. The molecule has 0 heterocycles. The highest BCUT2D eigenvalue weighted by Gasteiger charge is 2.19. The molecule has 0 N–H and O–H groups in total. The van der Waals surface area contributed by atoms with Crippen LogP contribution >= 0.6 is 0 Å². The number of hydrogen-bond donors (Lipinski definition) is 0. The fourth-order valence-electron chi connectivity index (χ4n) is 8.08. The Kier molecular flexibility index (Phi) is 55.9. The van der Waals surface area contributed by atoms with E-state index in [1.165, 1.54) is 116 Å². The standard InChI is InChI=1S/C65H110O6/c1-4-7-10-13-16-19-22-25-28-31-33-35-37-40-43-46-49-52-55-58-64(67)70-61-62(60-69-63(66)57-54-51-48-45-42-39-36-30-27-24-21-18-15-12-9-6-3)71-65(68)59-56-53-50-47-44-41-38-34-32-29-26-23-20-17-14-11-8-5-2/h7,10,16,19,21,24-25,28-30,32-33,35-36,40,43,62H,4-6,8-9,11-15,17-18,20,22-23,26-27,31,34,37-39,41-42,44-61H2,1-3H3/b10-7-,19-16-,24-21-,28-25-,32-29-,35-33-,36-30-,43-40-. The van der Waals surface area contributed by atoms with Crippen molar-refractivity contribution in [2.75, 3.05) is 13.2 Å². The molecule has 1 unspecified atom stereocenters. The number of esters is 3. The molecule has 0 saturated carbocycles. The van der Waals surface area contributed by atoms with E-state index in [2.05, 4.69) is 118 Å². The van der Waals surface area contributed by atoms with Gasteiger partial charge in [-0.05, 0) is 122 Å². The Morgan fingerprint density at radius 2 is 0.549 bits per heavy atom. The van der Waals surface area contributed by atoms with E-state index in [0.29, 0.717) is 19.3 Å². The largest absolute Gasteiger partial charge is 0.462 e. The van der Waals surface area contributed by atoms with Gasteiger partial charge >= 0.3 is 17.9 Å². The van der Waals surface area contributed by atoms with Gasteiger partial charge in [-0.3, -0.25) is 14.4 Å². The third-order valence-electron chi connectivity index (χ3n) is 12.5. The summed E-state index contributed by atoms with van der Waals surface area (Å²) < 4.78 is 16.9. The van der Waals surface area contributed by atoms with Gasteiger partial charge in [0.1, 0.15) is 13.2 Å². The van der Waals surface area contributed by atoms with Gasteiger partial charge in [-0.25, -0.2) is 0 Å². The summed E-state index contributed by atoms with van der Waals surface area (Å²) in [4.78, 5) is 38.2. The predicted octanol–water partition coefficient (Wildman–Crippen LogP) is 20.1. The van der Waals surface area contributed by atoms with E-state index < -0.39 is 6.10 Å². The van der Waals surface area contributed by atoms with E-state index in [-0.39, 0.29) is 31.1 Å². The number of allylic oxidation sites excluding steroid dienone is 16. The smallest absolute Gasteiger partial charge is 0.306 e. The van der Waals surface area contributed by atoms with Crippen molar-refractivity contribution < 1.29 is 28.6 Å². The second-order valence-electron chi connectivity index (χ2n) is 19.5. The number of rotatable bonds is 53. The molecule has 1 atom stereocenters. The highest BCUT2D eigenvalue weighted by Crippen LogP contribution is 2.14. The van der Waals surface area contributed by atoms with Gasteiger partial charge in [0.05, 0.1) is 0 Å². The quantitative estimate of drug-likeness (QED) is 0.0261. The molecule has 0 aliphatic heterocycles. The van der Waals surface area contributed by atoms with Gasteiger partial charge in [0, 0.05) is 19.3 Å². The maximum absolute atomic E-state index is 12.9. The zero-order valence-corrected chi connectivity index (χ0v) is 46.5. The molecule has 406 valence electrons. The lowest BCUT2D eigenvalue weighted by Gasteiger charge is -2.18. The lowest BCUT2D eigenvalue weighted by molar-refractivity contribution is -0.167. The summed E-state index contributed by atoms with van der Waals surface area (Å²) >= 11 is 0. The van der Waals surface area contributed by atoms with Crippen LogP contribution in [-0.2, 0) is 28.6 Å². The van der Waals surface area contributed by atoms with E-state index in [1.54, 1.807) is 0 Å². The number of hydrogen-bond acceptors (Lipinski definition) is 6. The number of ether oxygens (including phenoxy) is 3. The van der Waals surface area contributed by atoms with E-state index in [4.69, 9.17) is 14.2 Å². The normalized spacial score (nSPS) is 12.8. The molecule has 0 saturated heterocycles. The summed E-state index contributed by atoms with van der Waals surface area (Å²) in [5.74, 6) is -0.942. The highest BCUT2D eigenvalue weighted by atomic mass is 16.6. The second kappa shape index (κ2) is 58.9. The van der Waals surface area contributed by atoms with Gasteiger partial charge < -0.3 is 14.2 Å². The van der Waals surface area contributed by atoms with Gasteiger partial charge in [-0.2, -0.15) is 0 Å². The first-order chi connectivity index (χ1) is 35.0. The molecule has 0 aromatic carbocycles. The number of carbonyl (C=O) groups is 3. The van der Waals surface area contributed by atoms with Crippen molar-refractivity contribution in [3.8, 4) is 0 Å². The van der Waals surface area contributed by atoms with Crippen molar-refractivity contribution in [3.05, 3.63) is 97.2 Å². The average molecular weight is 988 g/mol. The van der Waals surface area contributed by atoms with Crippen LogP contribution in [0.2, 0.25) is 0 Å². The molecule has 0 fully saturated rings. The predicted molar refractivity (Wildman–Crippen MR) is 307 cm³/mol. The Hall–Kier alpha value is -3.67. The van der Waals surface area contributed by atoms with Crippen LogP contribution in [0, 0.1) is 0 Å². The molecule has 6 nitrogen and oxygen atoms in total. The van der Waals surface area contributed by atoms with E-state index >= 15 is 0 Å². The van der Waals surface area contributed by atoms with Gasteiger partial charge in [0.15, 0.2) is 6.10 Å². The van der Waals surface area contributed by atoms with E-state index in [0.717, 1.165) is 122 Å². The van der Waals surface area contributed by atoms with Crippen LogP contribution in [0.15, 0.2) is 97.2 Å². The third-order valence-corrected chi connectivity index (χ3v) is 12.5. The molecule has 0 aromatic rings. The van der Waals surface area contributed by atoms with Crippen LogP contribution in [0.3, 0.4) is 0 Å². The number of unbranched alkanes of at least 4 members (excludes halogenated alkanes) is 26. The van der Waals surface area contributed by atoms with Crippen molar-refractivity contribution in [3.63, 3.8) is 0 Å². The van der Waals surface area contributed by atoms with Crippen molar-refractivity contribution in [1.82, 2.24) is 0 Å². The molecule has 0 amide bonds. The van der Waals surface area contributed by atoms with Gasteiger partial charge in [0.2, 0.25) is 0 Å². The summed E-state index contributed by atoms with van der Waals surface area (Å²) in [5.41, 5.74) is 0. The van der Waals surface area contributed by atoms with Crippen molar-refractivity contribution in [1.29, 1.82) is 0 Å². The minimum atomic E-state index is -0.801. The summed E-state index contributed by atoms with van der Waals surface area (Å²) in [6.45, 7) is 6.48. The number of carbonyl (C=O) groups excluding carboxylic acids is 3. The molecule has 0 aromatic heterocycles. The van der Waals surface area contributed by atoms with Crippen LogP contribution < -0.4 is 0 Å². The zero-order valence-electron chi connectivity index (χ0n) is 46.5. The van der Waals surface area contributed by atoms with Crippen LogP contribution in [0.1, 0.15) is 278 Å². The Labute approximate surface area is 438 Å². The Morgan fingerprint density at radius 1 is 0.296 bits per heavy atom. The summed E-state index contributed by atoms with van der Waals surface area (Å²) in [6, 6.07) is 0. The minimum Gasteiger partial charge on any atom is -0.462 e. The average Bonchev–Trinajstić information content (AvgIpc) is 3.37. The topological polar surface area (TPSA) is 78.9 Å².